The van der Waals surface area contributed by atoms with Crippen LogP contribution in [0.3, 0.4) is 0 Å². The average Bonchev–Trinajstić information content (AvgIpc) is 2.90. The minimum Gasteiger partial charge on any atom is -0.469 e. The Bertz CT molecular complexity index is 624. The fourth-order valence-electron chi connectivity index (χ4n) is 2.00. The molecular formula is C15H15F3N2O2. The molecular weight excluding hydrogens is 297 g/mol. The van der Waals surface area contributed by atoms with Gasteiger partial charge in [0.1, 0.15) is 5.76 Å². The number of hydrogen-bond acceptors (Lipinski definition) is 2. The summed E-state index contributed by atoms with van der Waals surface area (Å²) < 4.78 is 43.6. The third-order valence-corrected chi connectivity index (χ3v) is 2.95. The maximum absolute atomic E-state index is 12.8. The van der Waals surface area contributed by atoms with Crippen molar-refractivity contribution in [2.75, 3.05) is 5.32 Å². The fourth-order valence-corrected chi connectivity index (χ4v) is 2.00. The van der Waals surface area contributed by atoms with E-state index in [1.54, 1.807) is 19.1 Å². The number of carbonyl (C=O) groups excluding carboxylic acids is 1. The average molecular weight is 312 g/mol. The third kappa shape index (κ3) is 4.28. The first-order valence-electron chi connectivity index (χ1n) is 6.62. The van der Waals surface area contributed by atoms with Crippen molar-refractivity contribution in [2.24, 2.45) is 0 Å². The Labute approximate surface area is 125 Å². The smallest absolute Gasteiger partial charge is 0.418 e. The summed E-state index contributed by atoms with van der Waals surface area (Å²) in [6.07, 6.45) is -2.56. The second kappa shape index (κ2) is 6.55. The van der Waals surface area contributed by atoms with Gasteiger partial charge in [-0.3, -0.25) is 0 Å². The fraction of sp³-hybridized carbons (Fsp3) is 0.267. The van der Waals surface area contributed by atoms with Crippen LogP contribution in [-0.4, -0.2) is 12.1 Å². The Morgan fingerprint density at radius 3 is 2.59 bits per heavy atom. The van der Waals surface area contributed by atoms with Crippen LogP contribution in [-0.2, 0) is 12.6 Å². The van der Waals surface area contributed by atoms with Crippen molar-refractivity contribution in [1.82, 2.24) is 5.32 Å². The van der Waals surface area contributed by atoms with Gasteiger partial charge in [0, 0.05) is 12.5 Å². The Morgan fingerprint density at radius 2 is 1.95 bits per heavy atom. The van der Waals surface area contributed by atoms with Crippen molar-refractivity contribution in [3.8, 4) is 0 Å². The lowest BCUT2D eigenvalue weighted by molar-refractivity contribution is -0.136. The number of alkyl halides is 3. The highest BCUT2D eigenvalue weighted by molar-refractivity contribution is 5.90. The Hall–Kier alpha value is -2.44. The van der Waals surface area contributed by atoms with Crippen LogP contribution >= 0.6 is 0 Å². The van der Waals surface area contributed by atoms with E-state index in [9.17, 15) is 18.0 Å². The number of amides is 2. The van der Waals surface area contributed by atoms with E-state index in [0.29, 0.717) is 12.2 Å². The molecule has 22 heavy (non-hydrogen) atoms. The van der Waals surface area contributed by atoms with Gasteiger partial charge in [-0.15, -0.1) is 0 Å². The van der Waals surface area contributed by atoms with Crippen LogP contribution in [0.25, 0.3) is 0 Å². The maximum Gasteiger partial charge on any atom is 0.418 e. The van der Waals surface area contributed by atoms with Crippen LogP contribution in [0.4, 0.5) is 23.7 Å². The van der Waals surface area contributed by atoms with E-state index < -0.39 is 17.8 Å². The van der Waals surface area contributed by atoms with Gasteiger partial charge in [-0.05, 0) is 31.2 Å². The standard InChI is InChI=1S/C15H15F3N2O2/c1-10(9-11-5-4-8-22-11)19-14(21)20-13-7-3-2-6-12(13)15(16,17)18/h2-8,10H,9H2,1H3,(H2,19,20,21). The lowest BCUT2D eigenvalue weighted by Crippen LogP contribution is -2.37. The monoisotopic (exact) mass is 312 g/mol. The van der Waals surface area contributed by atoms with Gasteiger partial charge in [0.2, 0.25) is 0 Å². The summed E-state index contributed by atoms with van der Waals surface area (Å²) in [5.41, 5.74) is -1.17. The van der Waals surface area contributed by atoms with Crippen molar-refractivity contribution >= 4 is 11.7 Å². The van der Waals surface area contributed by atoms with Gasteiger partial charge in [-0.25, -0.2) is 4.79 Å². The topological polar surface area (TPSA) is 54.3 Å². The van der Waals surface area contributed by atoms with Crippen LogP contribution < -0.4 is 10.6 Å². The first kappa shape index (κ1) is 15.9. The zero-order valence-electron chi connectivity index (χ0n) is 11.8. The third-order valence-electron chi connectivity index (χ3n) is 2.95. The largest absolute Gasteiger partial charge is 0.469 e. The number of rotatable bonds is 4. The molecule has 0 bridgehead atoms. The van der Waals surface area contributed by atoms with Gasteiger partial charge in [-0.1, -0.05) is 12.1 Å². The number of furan rings is 1. The van der Waals surface area contributed by atoms with Crippen LogP contribution in [0.1, 0.15) is 18.2 Å². The molecule has 0 radical (unpaired) electrons. The number of hydrogen-bond donors (Lipinski definition) is 2. The van der Waals surface area contributed by atoms with Crippen LogP contribution in [0.2, 0.25) is 0 Å². The van der Waals surface area contributed by atoms with Crippen LogP contribution in [0, 0.1) is 0 Å². The number of carbonyl (C=O) groups is 1. The van der Waals surface area contributed by atoms with E-state index in [1.165, 1.54) is 24.5 Å². The molecule has 1 heterocycles. The normalized spacial score (nSPS) is 12.7. The lowest BCUT2D eigenvalue weighted by Gasteiger charge is -2.16. The number of para-hydroxylation sites is 1. The molecule has 1 aromatic carbocycles. The molecule has 4 nitrogen and oxygen atoms in total. The summed E-state index contributed by atoms with van der Waals surface area (Å²) in [5.74, 6) is 0.684. The first-order valence-corrected chi connectivity index (χ1v) is 6.62. The van der Waals surface area contributed by atoms with E-state index in [1.807, 2.05) is 0 Å². The van der Waals surface area contributed by atoms with Gasteiger partial charge < -0.3 is 15.1 Å². The van der Waals surface area contributed by atoms with Crippen molar-refractivity contribution in [1.29, 1.82) is 0 Å². The number of nitrogens with one attached hydrogen (secondary N) is 2. The molecule has 0 fully saturated rings. The summed E-state index contributed by atoms with van der Waals surface area (Å²) in [4.78, 5) is 11.8. The lowest BCUT2D eigenvalue weighted by atomic mass is 10.1. The van der Waals surface area contributed by atoms with Crippen molar-refractivity contribution < 1.29 is 22.4 Å². The van der Waals surface area contributed by atoms with E-state index in [4.69, 9.17) is 4.42 Å². The van der Waals surface area contributed by atoms with Gasteiger partial charge in [0.15, 0.2) is 0 Å². The zero-order chi connectivity index (χ0) is 16.2. The number of urea groups is 1. The van der Waals surface area contributed by atoms with Gasteiger partial charge in [0.05, 0.1) is 17.5 Å². The highest BCUT2D eigenvalue weighted by atomic mass is 19.4. The minimum absolute atomic E-state index is 0.280. The molecule has 7 heteroatoms. The molecule has 0 aliphatic rings. The SMILES string of the molecule is CC(Cc1ccco1)NC(=O)Nc1ccccc1C(F)(F)F. The van der Waals surface area contributed by atoms with E-state index >= 15 is 0 Å². The highest BCUT2D eigenvalue weighted by Gasteiger charge is 2.33. The van der Waals surface area contributed by atoms with Crippen LogP contribution in [0.5, 0.6) is 0 Å². The molecule has 1 aromatic heterocycles. The molecule has 2 rings (SSSR count). The van der Waals surface area contributed by atoms with E-state index in [-0.39, 0.29) is 11.7 Å². The Balaban J connectivity index is 1.98. The Kier molecular flexibility index (Phi) is 4.75. The Morgan fingerprint density at radius 1 is 1.23 bits per heavy atom. The van der Waals surface area contributed by atoms with E-state index in [2.05, 4.69) is 10.6 Å². The van der Waals surface area contributed by atoms with Gasteiger partial charge in [0.25, 0.3) is 0 Å². The molecule has 2 amide bonds. The molecule has 0 aliphatic heterocycles. The van der Waals surface area contributed by atoms with Gasteiger partial charge in [-0.2, -0.15) is 13.2 Å². The summed E-state index contributed by atoms with van der Waals surface area (Å²) in [5, 5.41) is 4.79. The van der Waals surface area contributed by atoms with Crippen LogP contribution in [0.15, 0.2) is 47.1 Å². The quantitative estimate of drug-likeness (QED) is 0.895. The summed E-state index contributed by atoms with van der Waals surface area (Å²) in [6.45, 7) is 1.73. The molecule has 2 aromatic rings. The predicted molar refractivity (Wildman–Crippen MR) is 75.5 cm³/mol. The number of benzene rings is 1. The summed E-state index contributed by atoms with van der Waals surface area (Å²) in [6, 6.07) is 7.32. The molecule has 0 spiro atoms. The molecule has 2 N–H and O–H groups in total. The number of halogens is 3. The molecule has 0 saturated carbocycles. The van der Waals surface area contributed by atoms with Gasteiger partial charge >= 0.3 is 12.2 Å². The minimum atomic E-state index is -4.52. The molecule has 1 unspecified atom stereocenters. The molecule has 0 aliphatic carbocycles. The zero-order valence-corrected chi connectivity index (χ0v) is 11.8. The highest BCUT2D eigenvalue weighted by Crippen LogP contribution is 2.34. The second-order valence-corrected chi connectivity index (χ2v) is 4.83. The van der Waals surface area contributed by atoms with Crippen molar-refractivity contribution in [3.63, 3.8) is 0 Å². The van der Waals surface area contributed by atoms with Crippen molar-refractivity contribution in [3.05, 3.63) is 54.0 Å². The second-order valence-electron chi connectivity index (χ2n) is 4.83. The number of anilines is 1. The summed E-state index contributed by atoms with van der Waals surface area (Å²) in [7, 11) is 0. The predicted octanol–water partition coefficient (Wildman–Crippen LogP) is 4.05. The molecule has 118 valence electrons. The van der Waals surface area contributed by atoms with Crippen molar-refractivity contribution in [2.45, 2.75) is 25.6 Å². The van der Waals surface area contributed by atoms with E-state index in [0.717, 1.165) is 6.07 Å². The first-order chi connectivity index (χ1) is 10.4. The maximum atomic E-state index is 12.8. The molecule has 1 atom stereocenters. The molecule has 0 saturated heterocycles. The summed E-state index contributed by atoms with van der Waals surface area (Å²) >= 11 is 0.